The van der Waals surface area contributed by atoms with E-state index in [0.717, 1.165) is 167 Å². The van der Waals surface area contributed by atoms with Crippen molar-refractivity contribution in [3.63, 3.8) is 0 Å². The van der Waals surface area contributed by atoms with E-state index in [2.05, 4.69) is 227 Å². The van der Waals surface area contributed by atoms with Crippen LogP contribution in [0.4, 0.5) is 0 Å². The number of phosphoric acid groups is 2. The molecule has 0 aliphatic heterocycles. The Labute approximate surface area is 660 Å². The standard InChI is InChI=1S/C91H146O16P2/c1-4-7-10-13-16-19-22-25-28-31-34-37-39-40-41-42-43-44-46-49-50-53-56-59-62-65-68-71-74-77-89(94)101-80-86(92)81-103-108(97,98)104-82-87(93)83-105-109(99,100)106-85-88(107-91(96)79-76-73-70-67-64-61-58-55-52-47-36-33-30-27-24-21-18-15-12-9-6-3)84-102-90(95)78-75-72-69-66-63-60-57-54-51-48-45-38-35-32-29-26-23-20-17-14-11-8-5-2/h7-12,16-21,25-30,34-38,40-41,47-48,51,55,57-58,60,64,67,86-88,92-93H,4-6,13-15,22-24,31-33,39,42-46,49-50,52-54,56,59,61-63,65-66,68-85H2,1-3H3,(H,97,98)(H,99,100)/b10-7-,11-8-,12-9-,19-16-,20-17-,21-18-,28-25-,29-26-,30-27-,37-34-,38-35-,41-40-,47-36-,51-48-,58-55-,60-57-,67-64-. The van der Waals surface area contributed by atoms with Crippen LogP contribution < -0.4 is 0 Å². The predicted octanol–water partition coefficient (Wildman–Crippen LogP) is 24.9. The fourth-order valence-electron chi connectivity index (χ4n) is 10.3. The number of aliphatic hydroxyl groups is 2. The van der Waals surface area contributed by atoms with Crippen LogP contribution in [0.1, 0.15) is 290 Å². The van der Waals surface area contributed by atoms with Crippen molar-refractivity contribution in [2.75, 3.05) is 39.6 Å². The number of carbonyl (C=O) groups is 3. The first-order chi connectivity index (χ1) is 53.2. The summed E-state index contributed by atoms with van der Waals surface area (Å²) in [6.45, 7) is 2.24. The van der Waals surface area contributed by atoms with Gasteiger partial charge >= 0.3 is 33.6 Å². The second-order valence-electron chi connectivity index (χ2n) is 26.8. The molecule has 0 saturated heterocycles. The van der Waals surface area contributed by atoms with Gasteiger partial charge in [0.15, 0.2) is 6.10 Å². The van der Waals surface area contributed by atoms with E-state index in [1.807, 2.05) is 0 Å². The first-order valence-electron chi connectivity index (χ1n) is 41.4. The zero-order valence-corrected chi connectivity index (χ0v) is 69.2. The van der Waals surface area contributed by atoms with E-state index < -0.39 is 91.5 Å². The van der Waals surface area contributed by atoms with Crippen molar-refractivity contribution < 1.29 is 75.8 Å². The molecule has 0 aliphatic carbocycles. The molecule has 0 heterocycles. The molecule has 0 fully saturated rings. The summed E-state index contributed by atoms with van der Waals surface area (Å²) in [5.74, 6) is -1.67. The summed E-state index contributed by atoms with van der Waals surface area (Å²) in [5, 5.41) is 20.7. The van der Waals surface area contributed by atoms with Crippen LogP contribution in [0.3, 0.4) is 0 Å². The summed E-state index contributed by atoms with van der Waals surface area (Å²) in [7, 11) is -9.84. The molecule has 616 valence electrons. The van der Waals surface area contributed by atoms with Gasteiger partial charge in [0.25, 0.3) is 0 Å². The molecule has 0 aliphatic rings. The van der Waals surface area contributed by atoms with Crippen LogP contribution in [-0.2, 0) is 55.8 Å². The summed E-state index contributed by atoms with van der Waals surface area (Å²) in [6, 6.07) is 0. The number of esters is 3. The van der Waals surface area contributed by atoms with Crippen molar-refractivity contribution in [3.8, 4) is 0 Å². The van der Waals surface area contributed by atoms with Crippen molar-refractivity contribution in [1.82, 2.24) is 0 Å². The smallest absolute Gasteiger partial charge is 0.463 e. The van der Waals surface area contributed by atoms with E-state index >= 15 is 0 Å². The van der Waals surface area contributed by atoms with Crippen molar-refractivity contribution in [2.45, 2.75) is 309 Å². The Balaban J connectivity index is 4.71. The van der Waals surface area contributed by atoms with E-state index in [0.29, 0.717) is 25.7 Å². The largest absolute Gasteiger partial charge is 0.472 e. The van der Waals surface area contributed by atoms with Gasteiger partial charge in [-0.2, -0.15) is 0 Å². The van der Waals surface area contributed by atoms with Gasteiger partial charge in [-0.15, -0.1) is 0 Å². The zero-order valence-electron chi connectivity index (χ0n) is 67.4. The molecule has 0 radical (unpaired) electrons. The van der Waals surface area contributed by atoms with Gasteiger partial charge in [-0.25, -0.2) is 9.13 Å². The minimum atomic E-state index is -4.96. The molecule has 5 unspecified atom stereocenters. The Morgan fingerprint density at radius 3 is 0.743 bits per heavy atom. The fraction of sp³-hybridized carbons (Fsp3) is 0.593. The highest BCUT2D eigenvalue weighted by Gasteiger charge is 2.29. The lowest BCUT2D eigenvalue weighted by atomic mass is 10.0. The van der Waals surface area contributed by atoms with Gasteiger partial charge in [-0.05, 0) is 167 Å². The van der Waals surface area contributed by atoms with Crippen LogP contribution >= 0.6 is 15.6 Å². The van der Waals surface area contributed by atoms with E-state index in [1.165, 1.54) is 57.8 Å². The van der Waals surface area contributed by atoms with Gasteiger partial charge in [0.1, 0.15) is 25.4 Å². The maximum absolute atomic E-state index is 13.0. The van der Waals surface area contributed by atoms with Crippen molar-refractivity contribution in [1.29, 1.82) is 0 Å². The minimum Gasteiger partial charge on any atom is -0.463 e. The Morgan fingerprint density at radius 1 is 0.257 bits per heavy atom. The molecule has 0 saturated carbocycles. The topological polar surface area (TPSA) is 231 Å². The van der Waals surface area contributed by atoms with E-state index in [-0.39, 0.29) is 19.3 Å². The van der Waals surface area contributed by atoms with Gasteiger partial charge in [-0.1, -0.05) is 311 Å². The lowest BCUT2D eigenvalue weighted by Gasteiger charge is -2.21. The Kier molecular flexibility index (Phi) is 77.2. The minimum absolute atomic E-state index is 0.0344. The molecule has 0 aromatic heterocycles. The fourth-order valence-corrected chi connectivity index (χ4v) is 11.9. The monoisotopic (exact) mass is 1560 g/mol. The number of aliphatic hydroxyl groups excluding tert-OH is 2. The Bertz CT molecular complexity index is 2810. The zero-order chi connectivity index (χ0) is 79.4. The van der Waals surface area contributed by atoms with Crippen molar-refractivity contribution in [3.05, 3.63) is 207 Å². The third-order valence-electron chi connectivity index (χ3n) is 16.5. The Hall–Kier alpha value is -5.87. The molecule has 0 bridgehead atoms. The number of phosphoric ester groups is 2. The summed E-state index contributed by atoms with van der Waals surface area (Å²) in [4.78, 5) is 58.8. The molecule has 4 N–H and O–H groups in total. The summed E-state index contributed by atoms with van der Waals surface area (Å²) in [6.07, 6.45) is 109. The molecule has 0 amide bonds. The molecular formula is C91H146O16P2. The normalized spacial score (nSPS) is 15.0. The van der Waals surface area contributed by atoms with E-state index in [4.69, 9.17) is 32.3 Å². The van der Waals surface area contributed by atoms with Crippen LogP contribution in [0.25, 0.3) is 0 Å². The number of hydrogen-bond donors (Lipinski definition) is 4. The number of unbranched alkanes of at least 4 members (excludes halogenated alkanes) is 19. The first kappa shape index (κ1) is 103. The molecule has 0 spiro atoms. The molecule has 5 atom stereocenters. The van der Waals surface area contributed by atoms with Crippen LogP contribution in [0, 0.1) is 0 Å². The highest BCUT2D eigenvalue weighted by molar-refractivity contribution is 7.47. The quantitative estimate of drug-likeness (QED) is 0.0146. The molecule has 0 aromatic rings. The average Bonchev–Trinajstić information content (AvgIpc) is 0.904. The van der Waals surface area contributed by atoms with Gasteiger partial charge in [0.05, 0.1) is 26.4 Å². The first-order valence-corrected chi connectivity index (χ1v) is 44.4. The summed E-state index contributed by atoms with van der Waals surface area (Å²) >= 11 is 0. The molecule has 16 nitrogen and oxygen atoms in total. The highest BCUT2D eigenvalue weighted by Crippen LogP contribution is 2.45. The lowest BCUT2D eigenvalue weighted by molar-refractivity contribution is -0.161. The number of ether oxygens (including phenoxy) is 3. The van der Waals surface area contributed by atoms with Crippen molar-refractivity contribution in [2.24, 2.45) is 0 Å². The third-order valence-corrected chi connectivity index (χ3v) is 18.4. The number of carbonyl (C=O) groups excluding carboxylic acids is 3. The molecule has 18 heteroatoms. The number of allylic oxidation sites excluding steroid dienone is 34. The summed E-state index contributed by atoms with van der Waals surface area (Å²) < 4.78 is 61.2. The van der Waals surface area contributed by atoms with Crippen LogP contribution in [0.15, 0.2) is 207 Å². The third kappa shape index (κ3) is 82.9. The van der Waals surface area contributed by atoms with Gasteiger partial charge < -0.3 is 34.2 Å². The molecule has 109 heavy (non-hydrogen) atoms. The molecule has 0 aromatic carbocycles. The van der Waals surface area contributed by atoms with Gasteiger partial charge in [0, 0.05) is 19.3 Å². The van der Waals surface area contributed by atoms with Crippen LogP contribution in [-0.4, -0.2) is 95.9 Å². The van der Waals surface area contributed by atoms with Gasteiger partial charge in [-0.3, -0.25) is 32.5 Å². The Morgan fingerprint density at radius 2 is 0.459 bits per heavy atom. The average molecular weight is 1560 g/mol. The van der Waals surface area contributed by atoms with Crippen LogP contribution in [0.2, 0.25) is 0 Å². The maximum Gasteiger partial charge on any atom is 0.472 e. The predicted molar refractivity (Wildman–Crippen MR) is 454 cm³/mol. The van der Waals surface area contributed by atoms with Crippen LogP contribution in [0.5, 0.6) is 0 Å². The van der Waals surface area contributed by atoms with Crippen molar-refractivity contribution >= 4 is 33.6 Å². The second-order valence-corrected chi connectivity index (χ2v) is 29.7. The molecule has 0 rings (SSSR count). The van der Waals surface area contributed by atoms with E-state index in [1.54, 1.807) is 0 Å². The maximum atomic E-state index is 13.0. The second kappa shape index (κ2) is 81.6. The lowest BCUT2D eigenvalue weighted by Crippen LogP contribution is -2.30. The number of rotatable bonds is 76. The molecular weight excluding hydrogens is 1410 g/mol. The highest BCUT2D eigenvalue weighted by atomic mass is 31.2. The SMILES string of the molecule is CC/C=C\C/C=C\C/C=C\C/C=C\C/C=C\C/C=C\CCCCCCC(=O)OCC(COP(=O)(O)OCC(O)COP(=O)(O)OCC(O)COC(=O)CCCCCCCCCCCCCCC/C=C\C/C=C\C/C=C\C/C=C\C/C=C\CC)OC(=O)CCCC/C=C\C/C=C\C/C=C\C/C=C\C/C=C\C/C=C\CC. The summed E-state index contributed by atoms with van der Waals surface area (Å²) in [5.41, 5.74) is 0. The van der Waals surface area contributed by atoms with Gasteiger partial charge in [0.2, 0.25) is 0 Å². The van der Waals surface area contributed by atoms with E-state index in [9.17, 15) is 43.5 Å². The number of hydrogen-bond acceptors (Lipinski definition) is 14.